The van der Waals surface area contributed by atoms with Gasteiger partial charge in [0.25, 0.3) is 0 Å². The van der Waals surface area contributed by atoms with Gasteiger partial charge in [-0.3, -0.25) is 19.2 Å². The summed E-state index contributed by atoms with van der Waals surface area (Å²) in [6.07, 6.45) is 0.263. The molecule has 0 bridgehead atoms. The highest BCUT2D eigenvalue weighted by molar-refractivity contribution is 5.93. The predicted octanol–water partition coefficient (Wildman–Crippen LogP) is 0.294. The number of aromatic hydroxyl groups is 1. The molecule has 0 heterocycles. The Bertz CT molecular complexity index is 1040. The van der Waals surface area contributed by atoms with Gasteiger partial charge in [0.1, 0.15) is 11.8 Å². The van der Waals surface area contributed by atoms with Crippen LogP contribution in [0, 0.1) is 0 Å². The van der Waals surface area contributed by atoms with Crippen molar-refractivity contribution in [1.82, 2.24) is 15.5 Å². The fraction of sp³-hybridized carbons (Fsp3) is 0.407. The molecule has 3 atom stereocenters. The van der Waals surface area contributed by atoms with E-state index in [-0.39, 0.29) is 50.4 Å². The number of rotatable bonds is 14. The summed E-state index contributed by atoms with van der Waals surface area (Å²) < 4.78 is 0. The van der Waals surface area contributed by atoms with Crippen molar-refractivity contribution >= 4 is 23.5 Å². The van der Waals surface area contributed by atoms with Crippen LogP contribution < -0.4 is 16.4 Å². The lowest BCUT2D eigenvalue weighted by Crippen LogP contribution is -2.50. The quantitative estimate of drug-likeness (QED) is 0.243. The number of aliphatic hydroxyl groups is 1. The number of nitrogens with zero attached hydrogens (tertiary/aromatic N) is 1. The molecule has 3 amide bonds. The second kappa shape index (κ2) is 14.7. The summed E-state index contributed by atoms with van der Waals surface area (Å²) in [6.45, 7) is 1.37. The van der Waals surface area contributed by atoms with Crippen LogP contribution in [0.5, 0.6) is 5.75 Å². The summed E-state index contributed by atoms with van der Waals surface area (Å²) in [4.78, 5) is 51.9. The summed E-state index contributed by atoms with van der Waals surface area (Å²) in [6, 6.07) is 13.0. The molecule has 6 N–H and O–H groups in total. The third-order valence-corrected chi connectivity index (χ3v) is 6.00. The van der Waals surface area contributed by atoms with E-state index in [1.165, 1.54) is 31.0 Å². The number of carbonyl (C=O) groups is 4. The number of Topliss-reactive ketones (excluding diaryl/α,β-unsaturated/α-hetero) is 1. The molecule has 0 aliphatic heterocycles. The van der Waals surface area contributed by atoms with E-state index in [2.05, 4.69) is 10.6 Å². The Balaban J connectivity index is 1.90. The zero-order valence-electron chi connectivity index (χ0n) is 21.2. The maximum absolute atomic E-state index is 12.9. The first-order valence-corrected chi connectivity index (χ1v) is 12.2. The number of nitrogens with two attached hydrogens (primary N) is 1. The monoisotopic (exact) mass is 512 g/mol. The van der Waals surface area contributed by atoms with Crippen LogP contribution in [-0.4, -0.2) is 76.9 Å². The topological polar surface area (TPSA) is 162 Å². The summed E-state index contributed by atoms with van der Waals surface area (Å²) in [7, 11) is 1.51. The highest BCUT2D eigenvalue weighted by Gasteiger charge is 2.28. The van der Waals surface area contributed by atoms with Gasteiger partial charge in [-0.05, 0) is 36.6 Å². The van der Waals surface area contributed by atoms with Gasteiger partial charge in [0.15, 0.2) is 5.78 Å². The maximum Gasteiger partial charge on any atom is 0.243 e. The molecule has 0 aliphatic carbocycles. The third kappa shape index (κ3) is 9.66. The molecular formula is C27H36N4O6. The molecule has 2 aromatic carbocycles. The van der Waals surface area contributed by atoms with Gasteiger partial charge in [-0.1, -0.05) is 42.5 Å². The van der Waals surface area contributed by atoms with Crippen molar-refractivity contribution in [3.8, 4) is 5.75 Å². The zero-order chi connectivity index (χ0) is 27.4. The molecule has 200 valence electrons. The second-order valence-corrected chi connectivity index (χ2v) is 8.90. The number of likely N-dealkylation sites (N-methyl/N-ethyl adjacent to an activating group) is 1. The molecular weight excluding hydrogens is 476 g/mol. The van der Waals surface area contributed by atoms with E-state index in [1.807, 2.05) is 30.3 Å². The molecule has 10 nitrogen and oxygen atoms in total. The normalized spacial score (nSPS) is 13.2. The molecule has 0 unspecified atom stereocenters. The van der Waals surface area contributed by atoms with Gasteiger partial charge < -0.3 is 31.5 Å². The fourth-order valence-corrected chi connectivity index (χ4v) is 3.72. The van der Waals surface area contributed by atoms with Gasteiger partial charge in [0.05, 0.1) is 18.7 Å². The third-order valence-electron chi connectivity index (χ3n) is 6.00. The zero-order valence-corrected chi connectivity index (χ0v) is 21.2. The van der Waals surface area contributed by atoms with Crippen molar-refractivity contribution in [3.63, 3.8) is 0 Å². The highest BCUT2D eigenvalue weighted by atomic mass is 16.3. The molecule has 2 rings (SSSR count). The number of aliphatic hydroxyl groups excluding tert-OH is 1. The van der Waals surface area contributed by atoms with Crippen LogP contribution >= 0.6 is 0 Å². The van der Waals surface area contributed by atoms with E-state index in [4.69, 9.17) is 10.8 Å². The lowest BCUT2D eigenvalue weighted by atomic mass is 10.0. The Labute approximate surface area is 216 Å². The van der Waals surface area contributed by atoms with E-state index in [0.29, 0.717) is 0 Å². The SMILES string of the molecule is C[C@@H](NC(=O)[C@@H](N)Cc1ccc(O)cc1)C(=O)CCC(=O)N(C)[C@@H](Cc1ccccc1)C(=O)NCCO. The van der Waals surface area contributed by atoms with Gasteiger partial charge in [0.2, 0.25) is 17.7 Å². The van der Waals surface area contributed by atoms with Crippen LogP contribution in [0.25, 0.3) is 0 Å². The molecule has 0 radical (unpaired) electrons. The number of nitrogens with one attached hydrogen (secondary N) is 2. The minimum atomic E-state index is -0.885. The Morgan fingerprint density at radius 2 is 1.54 bits per heavy atom. The van der Waals surface area contributed by atoms with Crippen molar-refractivity contribution < 1.29 is 29.4 Å². The van der Waals surface area contributed by atoms with E-state index in [0.717, 1.165) is 11.1 Å². The van der Waals surface area contributed by atoms with E-state index < -0.39 is 35.8 Å². The molecule has 0 aromatic heterocycles. The summed E-state index contributed by atoms with van der Waals surface area (Å²) in [5, 5.41) is 23.6. The van der Waals surface area contributed by atoms with Gasteiger partial charge in [-0.15, -0.1) is 0 Å². The number of carbonyl (C=O) groups excluding carboxylic acids is 4. The van der Waals surface area contributed by atoms with Gasteiger partial charge >= 0.3 is 0 Å². The highest BCUT2D eigenvalue weighted by Crippen LogP contribution is 2.12. The lowest BCUT2D eigenvalue weighted by Gasteiger charge is -2.27. The molecule has 0 aliphatic rings. The molecule has 2 aromatic rings. The van der Waals surface area contributed by atoms with Crippen molar-refractivity contribution in [2.75, 3.05) is 20.2 Å². The standard InChI is InChI=1S/C27H36N4O6/c1-18(30-26(36)22(28)16-20-8-10-21(33)11-9-20)24(34)12-13-25(35)31(2)23(27(37)29-14-15-32)17-19-6-4-3-5-7-19/h3-11,18,22-23,32-33H,12-17,28H2,1-2H3,(H,29,37)(H,30,36)/t18-,22+,23+/m1/s1. The number of phenols is 1. The van der Waals surface area contributed by atoms with E-state index >= 15 is 0 Å². The minimum absolute atomic E-state index is 0.0662. The first-order valence-electron chi connectivity index (χ1n) is 12.2. The summed E-state index contributed by atoms with van der Waals surface area (Å²) >= 11 is 0. The van der Waals surface area contributed by atoms with Crippen molar-refractivity contribution in [3.05, 3.63) is 65.7 Å². The number of hydrogen-bond donors (Lipinski definition) is 5. The van der Waals surface area contributed by atoms with Gasteiger partial charge in [-0.2, -0.15) is 0 Å². The first kappa shape index (κ1) is 29.5. The lowest BCUT2D eigenvalue weighted by molar-refractivity contribution is -0.139. The Morgan fingerprint density at radius 3 is 2.16 bits per heavy atom. The van der Waals surface area contributed by atoms with Gasteiger partial charge in [0, 0.05) is 32.9 Å². The average molecular weight is 513 g/mol. The molecule has 37 heavy (non-hydrogen) atoms. The maximum atomic E-state index is 12.9. The van der Waals surface area contributed by atoms with Gasteiger partial charge in [-0.25, -0.2) is 0 Å². The van der Waals surface area contributed by atoms with Crippen molar-refractivity contribution in [1.29, 1.82) is 0 Å². The number of hydrogen-bond acceptors (Lipinski definition) is 7. The van der Waals surface area contributed by atoms with Crippen LogP contribution in [0.1, 0.15) is 30.9 Å². The number of benzene rings is 2. The van der Waals surface area contributed by atoms with E-state index in [1.54, 1.807) is 12.1 Å². The fourth-order valence-electron chi connectivity index (χ4n) is 3.72. The Morgan fingerprint density at radius 1 is 0.919 bits per heavy atom. The largest absolute Gasteiger partial charge is 0.508 e. The number of phenolic OH excluding ortho intramolecular Hbond substituents is 1. The molecule has 10 heteroatoms. The second-order valence-electron chi connectivity index (χ2n) is 8.90. The Kier molecular flexibility index (Phi) is 11.7. The molecule has 0 spiro atoms. The Hall–Kier alpha value is -3.76. The molecule has 0 saturated carbocycles. The number of amides is 3. The van der Waals surface area contributed by atoms with Crippen LogP contribution in [0.3, 0.4) is 0 Å². The first-order chi connectivity index (χ1) is 17.6. The minimum Gasteiger partial charge on any atom is -0.508 e. The smallest absolute Gasteiger partial charge is 0.243 e. The summed E-state index contributed by atoms with van der Waals surface area (Å²) in [5.41, 5.74) is 7.59. The van der Waals surface area contributed by atoms with Crippen LogP contribution in [0.2, 0.25) is 0 Å². The van der Waals surface area contributed by atoms with Crippen LogP contribution in [0.15, 0.2) is 54.6 Å². The van der Waals surface area contributed by atoms with Crippen molar-refractivity contribution in [2.24, 2.45) is 5.73 Å². The summed E-state index contributed by atoms with van der Waals surface area (Å²) in [5.74, 6) is -1.52. The average Bonchev–Trinajstić information content (AvgIpc) is 2.90. The number of ketones is 1. The van der Waals surface area contributed by atoms with Crippen LogP contribution in [0.4, 0.5) is 0 Å². The molecule has 0 fully saturated rings. The molecule has 0 saturated heterocycles. The predicted molar refractivity (Wildman–Crippen MR) is 138 cm³/mol. The van der Waals surface area contributed by atoms with Crippen molar-refractivity contribution in [2.45, 2.75) is 50.7 Å². The van der Waals surface area contributed by atoms with Crippen LogP contribution in [-0.2, 0) is 32.0 Å². The van der Waals surface area contributed by atoms with E-state index in [9.17, 15) is 24.3 Å².